The van der Waals surface area contributed by atoms with Gasteiger partial charge in [-0.3, -0.25) is 0 Å². The number of unbranched alkanes of at least 4 members (excludes halogenated alkanes) is 1. The molecule has 0 atom stereocenters. The van der Waals surface area contributed by atoms with Gasteiger partial charge < -0.3 is 9.47 Å². The molecule has 0 bridgehead atoms. The summed E-state index contributed by atoms with van der Waals surface area (Å²) in [6.45, 7) is 4.70. The Balaban J connectivity index is 1.99. The highest BCUT2D eigenvalue weighted by Gasteiger charge is 2.30. The zero-order valence-electron chi connectivity index (χ0n) is 14.5. The van der Waals surface area contributed by atoms with Crippen LogP contribution in [0.1, 0.15) is 41.4 Å². The topological polar surface area (TPSA) is 66.2 Å². The molecule has 0 fully saturated rings. The molecule has 0 saturated heterocycles. The molecule has 26 heavy (non-hydrogen) atoms. The van der Waals surface area contributed by atoms with Gasteiger partial charge in [0, 0.05) is 12.8 Å². The fraction of sp³-hybridized carbons (Fsp3) is 0.471. The zero-order valence-corrected chi connectivity index (χ0v) is 14.5. The second-order valence-corrected chi connectivity index (χ2v) is 5.56. The monoisotopic (exact) mass is 371 g/mol. The van der Waals surface area contributed by atoms with Gasteiger partial charge >= 0.3 is 12.1 Å². The number of ether oxygens (including phenoxy) is 2. The van der Waals surface area contributed by atoms with E-state index >= 15 is 0 Å². The largest absolute Gasteiger partial charge is 0.460 e. The number of hydrogen-bond acceptors (Lipinski definition) is 5. The molecule has 2 heterocycles. The molecule has 2 rings (SSSR count). The van der Waals surface area contributed by atoms with Crippen molar-refractivity contribution in [2.75, 3.05) is 19.8 Å². The normalized spacial score (nSPS) is 11.6. The van der Waals surface area contributed by atoms with Crippen LogP contribution in [0.4, 0.5) is 13.2 Å². The Bertz CT molecular complexity index is 727. The smallest absolute Gasteiger partial charge is 0.417 e. The summed E-state index contributed by atoms with van der Waals surface area (Å²) in [5.41, 5.74) is -0.205. The van der Waals surface area contributed by atoms with Crippen molar-refractivity contribution in [1.82, 2.24) is 14.8 Å². The highest BCUT2D eigenvalue weighted by atomic mass is 19.4. The first-order valence-corrected chi connectivity index (χ1v) is 8.17. The van der Waals surface area contributed by atoms with Crippen molar-refractivity contribution in [3.05, 3.63) is 41.3 Å². The highest BCUT2D eigenvalue weighted by Crippen LogP contribution is 2.28. The van der Waals surface area contributed by atoms with Crippen LogP contribution in [-0.4, -0.2) is 40.6 Å². The molecule has 0 radical (unpaired) electrons. The van der Waals surface area contributed by atoms with Crippen molar-refractivity contribution in [2.24, 2.45) is 0 Å². The number of rotatable bonds is 8. The average Bonchev–Trinajstić information content (AvgIpc) is 2.99. The van der Waals surface area contributed by atoms with Gasteiger partial charge in [-0.15, -0.1) is 0 Å². The third-order valence-corrected chi connectivity index (χ3v) is 3.62. The molecule has 0 N–H and O–H groups in total. The minimum Gasteiger partial charge on any atom is -0.460 e. The molecule has 2 aromatic rings. The Morgan fingerprint density at radius 3 is 2.58 bits per heavy atom. The van der Waals surface area contributed by atoms with Crippen LogP contribution in [0.5, 0.6) is 0 Å². The van der Waals surface area contributed by atoms with Crippen LogP contribution < -0.4 is 0 Å². The van der Waals surface area contributed by atoms with Crippen LogP contribution in [0.25, 0.3) is 5.82 Å². The lowest BCUT2D eigenvalue weighted by atomic mass is 10.2. The lowest BCUT2D eigenvalue weighted by Crippen LogP contribution is -2.12. The number of alkyl halides is 3. The number of esters is 1. The molecule has 0 saturated carbocycles. The molecule has 0 aliphatic rings. The van der Waals surface area contributed by atoms with Crippen LogP contribution in [0.15, 0.2) is 24.5 Å². The van der Waals surface area contributed by atoms with Gasteiger partial charge in [0.05, 0.1) is 24.1 Å². The van der Waals surface area contributed by atoms with Gasteiger partial charge in [-0.2, -0.15) is 18.3 Å². The fourth-order valence-corrected chi connectivity index (χ4v) is 2.14. The first-order valence-electron chi connectivity index (χ1n) is 8.17. The van der Waals surface area contributed by atoms with Crippen LogP contribution >= 0.6 is 0 Å². The standard InChI is InChI=1S/C17H20F3N3O3/c1-3-4-7-25-8-9-26-16(24)14-11-22-23(12(14)2)15-6-5-13(10-21-15)17(18,19)20/h5-6,10-11H,3-4,7-9H2,1-2H3. The van der Waals surface area contributed by atoms with Crippen LogP contribution in [0, 0.1) is 6.92 Å². The van der Waals surface area contributed by atoms with E-state index in [2.05, 4.69) is 17.0 Å². The molecule has 0 amide bonds. The summed E-state index contributed by atoms with van der Waals surface area (Å²) in [6.07, 6.45) is -0.466. The number of carbonyl (C=O) groups is 1. The number of aromatic nitrogens is 3. The Labute approximate surface area is 148 Å². The molecule has 2 aromatic heterocycles. The number of pyridine rings is 1. The molecule has 9 heteroatoms. The van der Waals surface area contributed by atoms with Crippen LogP contribution in [0.2, 0.25) is 0 Å². The summed E-state index contributed by atoms with van der Waals surface area (Å²) >= 11 is 0. The maximum atomic E-state index is 12.6. The van der Waals surface area contributed by atoms with E-state index in [4.69, 9.17) is 9.47 Å². The van der Waals surface area contributed by atoms with Crippen LogP contribution in [-0.2, 0) is 15.7 Å². The molecular weight excluding hydrogens is 351 g/mol. The van der Waals surface area contributed by atoms with Gasteiger partial charge in [0.2, 0.25) is 0 Å². The van der Waals surface area contributed by atoms with Gasteiger partial charge in [-0.25, -0.2) is 14.5 Å². The van der Waals surface area contributed by atoms with Crippen LogP contribution in [0.3, 0.4) is 0 Å². The Morgan fingerprint density at radius 2 is 1.96 bits per heavy atom. The first-order chi connectivity index (χ1) is 12.3. The number of halogens is 3. The van der Waals surface area contributed by atoms with E-state index in [0.29, 0.717) is 18.9 Å². The van der Waals surface area contributed by atoms with Gasteiger partial charge in [0.1, 0.15) is 12.2 Å². The molecule has 0 aliphatic carbocycles. The van der Waals surface area contributed by atoms with E-state index in [1.165, 1.54) is 16.9 Å². The molecule has 142 valence electrons. The van der Waals surface area contributed by atoms with Gasteiger partial charge in [-0.05, 0) is 25.5 Å². The minimum atomic E-state index is -4.46. The van der Waals surface area contributed by atoms with Crippen molar-refractivity contribution in [2.45, 2.75) is 32.9 Å². The zero-order chi connectivity index (χ0) is 19.2. The Kier molecular flexibility index (Phi) is 6.73. The number of hydrogen-bond donors (Lipinski definition) is 0. The lowest BCUT2D eigenvalue weighted by Gasteiger charge is -2.08. The lowest BCUT2D eigenvalue weighted by molar-refractivity contribution is -0.137. The molecule has 6 nitrogen and oxygen atoms in total. The van der Waals surface area contributed by atoms with Crippen molar-refractivity contribution in [1.29, 1.82) is 0 Å². The minimum absolute atomic E-state index is 0.117. The summed E-state index contributed by atoms with van der Waals surface area (Å²) < 4.78 is 49.5. The Hall–Kier alpha value is -2.42. The van der Waals surface area contributed by atoms with E-state index in [0.717, 1.165) is 25.1 Å². The number of carbonyl (C=O) groups excluding carboxylic acids is 1. The van der Waals surface area contributed by atoms with E-state index < -0.39 is 17.7 Å². The maximum Gasteiger partial charge on any atom is 0.417 e. The second-order valence-electron chi connectivity index (χ2n) is 5.56. The van der Waals surface area contributed by atoms with Crippen molar-refractivity contribution >= 4 is 5.97 Å². The van der Waals surface area contributed by atoms with Crippen molar-refractivity contribution < 1.29 is 27.4 Å². The van der Waals surface area contributed by atoms with Gasteiger partial charge in [0.25, 0.3) is 0 Å². The quantitative estimate of drug-likeness (QED) is 0.524. The van der Waals surface area contributed by atoms with E-state index in [1.807, 2.05) is 0 Å². The maximum absolute atomic E-state index is 12.6. The number of nitrogens with zero attached hydrogens (tertiary/aromatic N) is 3. The van der Waals surface area contributed by atoms with Crippen molar-refractivity contribution in [3.8, 4) is 5.82 Å². The van der Waals surface area contributed by atoms with E-state index in [9.17, 15) is 18.0 Å². The predicted molar refractivity (Wildman–Crippen MR) is 87.1 cm³/mol. The third-order valence-electron chi connectivity index (χ3n) is 3.62. The van der Waals surface area contributed by atoms with Gasteiger partial charge in [-0.1, -0.05) is 13.3 Å². The Morgan fingerprint density at radius 1 is 1.19 bits per heavy atom. The fourth-order valence-electron chi connectivity index (χ4n) is 2.14. The summed E-state index contributed by atoms with van der Waals surface area (Å²) in [4.78, 5) is 15.8. The average molecular weight is 371 g/mol. The SMILES string of the molecule is CCCCOCCOC(=O)c1cnn(-c2ccc(C(F)(F)F)cn2)c1C. The second kappa shape index (κ2) is 8.79. The van der Waals surface area contributed by atoms with Gasteiger partial charge in [0.15, 0.2) is 5.82 Å². The van der Waals surface area contributed by atoms with E-state index in [1.54, 1.807) is 6.92 Å². The summed E-state index contributed by atoms with van der Waals surface area (Å²) in [7, 11) is 0. The molecule has 0 aliphatic heterocycles. The summed E-state index contributed by atoms with van der Waals surface area (Å²) in [5.74, 6) is -0.391. The first kappa shape index (κ1) is 19.9. The highest BCUT2D eigenvalue weighted by molar-refractivity contribution is 5.90. The summed E-state index contributed by atoms with van der Waals surface area (Å²) in [6, 6.07) is 2.11. The summed E-state index contributed by atoms with van der Waals surface area (Å²) in [5, 5.41) is 4.01. The van der Waals surface area contributed by atoms with E-state index in [-0.39, 0.29) is 18.0 Å². The molecule has 0 spiro atoms. The third kappa shape index (κ3) is 5.04. The molecule has 0 unspecified atom stereocenters. The molecular formula is C17H20F3N3O3. The predicted octanol–water partition coefficient (Wildman–Crippen LogP) is 3.57. The van der Waals surface area contributed by atoms with Crippen molar-refractivity contribution in [3.63, 3.8) is 0 Å². The molecule has 0 aromatic carbocycles.